The van der Waals surface area contributed by atoms with Gasteiger partial charge in [-0.25, -0.2) is 0 Å². The molecule has 2 atom stereocenters. The smallest absolute Gasteiger partial charge is 0.237 e. The molecule has 0 aliphatic carbocycles. The molecule has 7 heteroatoms. The Labute approximate surface area is 194 Å². The predicted molar refractivity (Wildman–Crippen MR) is 129 cm³/mol. The summed E-state index contributed by atoms with van der Waals surface area (Å²) >= 11 is 0. The van der Waals surface area contributed by atoms with Gasteiger partial charge < -0.3 is 15.2 Å². The number of likely N-dealkylation sites (N-methyl/N-ethyl adjacent to an activating group) is 1. The van der Waals surface area contributed by atoms with E-state index < -0.39 is 0 Å². The first-order chi connectivity index (χ1) is 16.0. The minimum Gasteiger partial charge on any atom is -0.358 e. The highest BCUT2D eigenvalue weighted by atomic mass is 16.2. The summed E-state index contributed by atoms with van der Waals surface area (Å²) in [4.78, 5) is 37.3. The van der Waals surface area contributed by atoms with Crippen molar-refractivity contribution in [3.8, 4) is 11.1 Å². The molecular weight excluding hydrogens is 414 g/mol. The van der Waals surface area contributed by atoms with Crippen molar-refractivity contribution in [3.63, 3.8) is 0 Å². The van der Waals surface area contributed by atoms with E-state index in [2.05, 4.69) is 52.5 Å². The fourth-order valence-corrected chi connectivity index (χ4v) is 5.27. The number of piperazine rings is 1. The summed E-state index contributed by atoms with van der Waals surface area (Å²) in [5.74, 6) is 0.235. The largest absolute Gasteiger partial charge is 0.358 e. The van der Waals surface area contributed by atoms with Crippen LogP contribution in [0.15, 0.2) is 42.7 Å². The van der Waals surface area contributed by atoms with Crippen LogP contribution in [0.25, 0.3) is 22.0 Å². The number of pyridine rings is 1. The number of likely N-dealkylation sites (tertiary alicyclic amines) is 1. The number of amides is 2. The maximum absolute atomic E-state index is 13.2. The van der Waals surface area contributed by atoms with Crippen molar-refractivity contribution in [3.05, 3.63) is 54.0 Å². The Morgan fingerprint density at radius 3 is 2.79 bits per heavy atom. The van der Waals surface area contributed by atoms with Crippen LogP contribution in [-0.4, -0.2) is 70.9 Å². The minimum atomic E-state index is -0.380. The summed E-state index contributed by atoms with van der Waals surface area (Å²) in [5.41, 5.74) is 5.87. The highest BCUT2D eigenvalue weighted by molar-refractivity contribution is 5.98. The maximum Gasteiger partial charge on any atom is 0.237 e. The summed E-state index contributed by atoms with van der Waals surface area (Å²) < 4.78 is 0. The van der Waals surface area contributed by atoms with Gasteiger partial charge in [-0.1, -0.05) is 11.6 Å². The fraction of sp³-hybridized carbons (Fsp3) is 0.423. The Kier molecular flexibility index (Phi) is 5.89. The van der Waals surface area contributed by atoms with E-state index in [0.717, 1.165) is 37.0 Å². The third-order valence-electron chi connectivity index (χ3n) is 7.10. The molecule has 33 heavy (non-hydrogen) atoms. The second-order valence-corrected chi connectivity index (χ2v) is 9.37. The molecule has 1 aromatic carbocycles. The van der Waals surface area contributed by atoms with E-state index in [4.69, 9.17) is 0 Å². The van der Waals surface area contributed by atoms with Crippen molar-refractivity contribution in [1.29, 1.82) is 0 Å². The summed E-state index contributed by atoms with van der Waals surface area (Å²) in [5, 5.41) is 4.10. The number of fused-ring (bicyclic) bond motifs is 1. The van der Waals surface area contributed by atoms with Crippen LogP contribution in [0.3, 0.4) is 0 Å². The topological polar surface area (TPSA) is 81.3 Å². The molecule has 2 saturated heterocycles. The Hall–Kier alpha value is -3.19. The second-order valence-electron chi connectivity index (χ2n) is 9.37. The van der Waals surface area contributed by atoms with Gasteiger partial charge in [-0.2, -0.15) is 0 Å². The monoisotopic (exact) mass is 445 g/mol. The zero-order chi connectivity index (χ0) is 22.9. The van der Waals surface area contributed by atoms with Crippen molar-refractivity contribution in [2.75, 3.05) is 33.2 Å². The van der Waals surface area contributed by atoms with Crippen molar-refractivity contribution < 1.29 is 9.59 Å². The van der Waals surface area contributed by atoms with E-state index in [-0.39, 0.29) is 30.2 Å². The van der Waals surface area contributed by atoms with Crippen LogP contribution in [0.5, 0.6) is 0 Å². The molecule has 2 N–H and O–H groups in total. The Bertz CT molecular complexity index is 1170. The highest BCUT2D eigenvalue weighted by Gasteiger charge is 2.33. The van der Waals surface area contributed by atoms with E-state index in [1.807, 2.05) is 29.2 Å². The van der Waals surface area contributed by atoms with Crippen molar-refractivity contribution in [1.82, 2.24) is 25.1 Å². The van der Waals surface area contributed by atoms with Gasteiger partial charge in [-0.05, 0) is 56.6 Å². The molecule has 2 aromatic heterocycles. The molecule has 0 spiro atoms. The van der Waals surface area contributed by atoms with Gasteiger partial charge in [0.1, 0.15) is 0 Å². The standard InChI is InChI=1S/C26H31N5O2/c1-17-5-6-21-20(14-17)24(18-7-9-27-10-8-18)25(29-21)19-4-3-12-31(16-19)23(32)15-22-26(33)28-11-13-30(22)2/h5-10,14,19,22,29H,3-4,11-13,15-16H2,1-2H3,(H,28,33)/t19-,22-/m0/s1. The summed E-state index contributed by atoms with van der Waals surface area (Å²) in [6.45, 7) is 4.94. The van der Waals surface area contributed by atoms with Crippen molar-refractivity contribution >= 4 is 22.7 Å². The molecule has 172 valence electrons. The van der Waals surface area contributed by atoms with Gasteiger partial charge in [-0.15, -0.1) is 0 Å². The SMILES string of the molecule is Cc1ccc2[nH]c([C@H]3CCCN(C(=O)C[C@H]4C(=O)NCCN4C)C3)c(-c3ccncc3)c2c1. The van der Waals surface area contributed by atoms with Crippen LogP contribution in [0.4, 0.5) is 0 Å². The van der Waals surface area contributed by atoms with Gasteiger partial charge in [-0.3, -0.25) is 19.5 Å². The average molecular weight is 446 g/mol. The Morgan fingerprint density at radius 2 is 2.00 bits per heavy atom. The molecule has 2 aliphatic rings. The van der Waals surface area contributed by atoms with Crippen LogP contribution >= 0.6 is 0 Å². The molecular formula is C26H31N5O2. The van der Waals surface area contributed by atoms with E-state index in [1.165, 1.54) is 22.2 Å². The van der Waals surface area contributed by atoms with Crippen LogP contribution in [0.2, 0.25) is 0 Å². The third kappa shape index (κ3) is 4.25. The van der Waals surface area contributed by atoms with E-state index >= 15 is 0 Å². The number of hydrogen-bond donors (Lipinski definition) is 2. The number of hydrogen-bond acceptors (Lipinski definition) is 4. The molecule has 2 amide bonds. The molecule has 3 aromatic rings. The number of carbonyl (C=O) groups excluding carboxylic acids is 2. The lowest BCUT2D eigenvalue weighted by Crippen LogP contribution is -2.55. The number of nitrogens with one attached hydrogen (secondary N) is 2. The number of H-pyrrole nitrogens is 1. The number of aryl methyl sites for hydroxylation is 1. The molecule has 4 heterocycles. The Morgan fingerprint density at radius 1 is 1.18 bits per heavy atom. The molecule has 2 fully saturated rings. The van der Waals surface area contributed by atoms with Gasteiger partial charge >= 0.3 is 0 Å². The molecule has 0 unspecified atom stereocenters. The number of aromatic nitrogens is 2. The van der Waals surface area contributed by atoms with Gasteiger partial charge in [0, 0.05) is 66.7 Å². The third-order valence-corrected chi connectivity index (χ3v) is 7.10. The van der Waals surface area contributed by atoms with Gasteiger partial charge in [0.15, 0.2) is 0 Å². The lowest BCUT2D eigenvalue weighted by Gasteiger charge is -2.36. The van der Waals surface area contributed by atoms with Crippen LogP contribution < -0.4 is 5.32 Å². The summed E-state index contributed by atoms with van der Waals surface area (Å²) in [6, 6.07) is 10.2. The lowest BCUT2D eigenvalue weighted by atomic mass is 9.89. The second kappa shape index (κ2) is 8.98. The van der Waals surface area contributed by atoms with E-state index in [0.29, 0.717) is 13.1 Å². The number of carbonyl (C=O) groups is 2. The van der Waals surface area contributed by atoms with E-state index in [9.17, 15) is 9.59 Å². The van der Waals surface area contributed by atoms with Crippen LogP contribution in [0.1, 0.15) is 36.4 Å². The number of piperidine rings is 1. The highest BCUT2D eigenvalue weighted by Crippen LogP contribution is 2.39. The molecule has 0 bridgehead atoms. The zero-order valence-corrected chi connectivity index (χ0v) is 19.3. The molecule has 0 saturated carbocycles. The first-order valence-electron chi connectivity index (χ1n) is 11.8. The van der Waals surface area contributed by atoms with Crippen molar-refractivity contribution in [2.24, 2.45) is 0 Å². The minimum absolute atomic E-state index is 0.0448. The summed E-state index contributed by atoms with van der Waals surface area (Å²) in [6.07, 6.45) is 5.87. The fourth-order valence-electron chi connectivity index (χ4n) is 5.27. The Balaban J connectivity index is 1.43. The molecule has 2 aliphatic heterocycles. The number of rotatable bonds is 4. The average Bonchev–Trinajstić information content (AvgIpc) is 3.20. The normalized spacial score (nSPS) is 21.9. The van der Waals surface area contributed by atoms with Crippen LogP contribution in [0, 0.1) is 6.92 Å². The van der Waals surface area contributed by atoms with Gasteiger partial charge in [0.25, 0.3) is 0 Å². The quantitative estimate of drug-likeness (QED) is 0.647. The first-order valence-corrected chi connectivity index (χ1v) is 11.8. The van der Waals surface area contributed by atoms with Gasteiger partial charge in [0.05, 0.1) is 12.5 Å². The zero-order valence-electron chi connectivity index (χ0n) is 19.3. The summed E-state index contributed by atoms with van der Waals surface area (Å²) in [7, 11) is 1.92. The molecule has 5 rings (SSSR count). The first kappa shape index (κ1) is 21.6. The molecule has 7 nitrogen and oxygen atoms in total. The van der Waals surface area contributed by atoms with Gasteiger partial charge in [0.2, 0.25) is 11.8 Å². The van der Waals surface area contributed by atoms with Crippen LogP contribution in [-0.2, 0) is 9.59 Å². The lowest BCUT2D eigenvalue weighted by molar-refractivity contribution is -0.139. The predicted octanol–water partition coefficient (Wildman–Crippen LogP) is 3.06. The maximum atomic E-state index is 13.2. The number of aromatic amines is 1. The van der Waals surface area contributed by atoms with Crippen molar-refractivity contribution in [2.45, 2.75) is 38.1 Å². The molecule has 0 radical (unpaired) electrons. The number of nitrogens with zero attached hydrogens (tertiary/aromatic N) is 3. The number of benzene rings is 1. The van der Waals surface area contributed by atoms with E-state index in [1.54, 1.807) is 0 Å².